The lowest BCUT2D eigenvalue weighted by atomic mass is 10.4. The Kier molecular flexibility index (Phi) is 5.59. The van der Waals surface area contributed by atoms with Crippen molar-refractivity contribution >= 4 is 45.0 Å². The number of benzene rings is 1. The Bertz CT molecular complexity index is 615. The average molecular weight is 374 g/mol. The number of carboxylic acids is 1. The average Bonchev–Trinajstić information content (AvgIpc) is 2.82. The van der Waals surface area contributed by atoms with Crippen LogP contribution in [0.15, 0.2) is 33.6 Å². The van der Waals surface area contributed by atoms with Gasteiger partial charge in [-0.1, -0.05) is 12.1 Å². The van der Waals surface area contributed by atoms with Gasteiger partial charge in [0.2, 0.25) is 0 Å². The Labute approximate surface area is 133 Å². The number of carbonyl (C=O) groups is 1. The van der Waals surface area contributed by atoms with E-state index in [1.165, 1.54) is 18.4 Å². The summed E-state index contributed by atoms with van der Waals surface area (Å²) in [6, 6.07) is 7.91. The summed E-state index contributed by atoms with van der Waals surface area (Å²) in [5, 5.41) is 9.92. The van der Waals surface area contributed by atoms with Crippen LogP contribution in [-0.4, -0.2) is 23.2 Å². The molecule has 0 unspecified atom stereocenters. The van der Waals surface area contributed by atoms with Crippen molar-refractivity contribution in [2.45, 2.75) is 17.3 Å². The number of thiazole rings is 1. The van der Waals surface area contributed by atoms with Gasteiger partial charge in [-0.3, -0.25) is 0 Å². The van der Waals surface area contributed by atoms with Gasteiger partial charge in [0.25, 0.3) is 0 Å². The zero-order valence-corrected chi connectivity index (χ0v) is 13.8. The fourth-order valence-electron chi connectivity index (χ4n) is 1.57. The third kappa shape index (κ3) is 3.82. The summed E-state index contributed by atoms with van der Waals surface area (Å²) in [6.45, 7) is 0.220. The third-order valence-electron chi connectivity index (χ3n) is 2.40. The van der Waals surface area contributed by atoms with Crippen molar-refractivity contribution in [3.05, 3.63) is 44.3 Å². The number of carboxylic acid groups (broad SMARTS) is 1. The van der Waals surface area contributed by atoms with E-state index in [0.717, 1.165) is 14.4 Å². The fraction of sp³-hybridized carbons (Fsp3) is 0.231. The number of ether oxygens (including phenoxy) is 1. The maximum absolute atomic E-state index is 11.1. The molecule has 0 fully saturated rings. The van der Waals surface area contributed by atoms with Crippen molar-refractivity contribution in [2.24, 2.45) is 0 Å². The highest BCUT2D eigenvalue weighted by atomic mass is 79.9. The number of methoxy groups -OCH3 is 1. The molecule has 1 heterocycles. The minimum Gasteiger partial charge on any atom is -0.477 e. The van der Waals surface area contributed by atoms with E-state index < -0.39 is 5.97 Å². The third-order valence-corrected chi connectivity index (χ3v) is 5.71. The topological polar surface area (TPSA) is 59.4 Å². The molecule has 106 valence electrons. The van der Waals surface area contributed by atoms with E-state index in [0.29, 0.717) is 11.4 Å². The molecule has 0 saturated heterocycles. The molecular weight excluding hydrogens is 362 g/mol. The lowest BCUT2D eigenvalue weighted by molar-refractivity contribution is 0.0697. The van der Waals surface area contributed by atoms with E-state index in [-0.39, 0.29) is 11.5 Å². The summed E-state index contributed by atoms with van der Waals surface area (Å²) in [5.74, 6) is -0.316. The second-order valence-electron chi connectivity index (χ2n) is 3.84. The molecule has 2 aromatic rings. The zero-order chi connectivity index (χ0) is 14.5. The fourth-order valence-corrected chi connectivity index (χ4v) is 4.03. The Hall–Kier alpha value is -0.890. The first-order chi connectivity index (χ1) is 9.61. The highest BCUT2D eigenvalue weighted by Gasteiger charge is 2.17. The van der Waals surface area contributed by atoms with Crippen LogP contribution >= 0.6 is 39.0 Å². The maximum Gasteiger partial charge on any atom is 0.347 e. The summed E-state index contributed by atoms with van der Waals surface area (Å²) < 4.78 is 6.01. The molecule has 1 aromatic heterocycles. The smallest absolute Gasteiger partial charge is 0.347 e. The van der Waals surface area contributed by atoms with E-state index in [2.05, 4.69) is 20.9 Å². The number of aromatic carboxylic acids is 1. The van der Waals surface area contributed by atoms with Gasteiger partial charge < -0.3 is 9.84 Å². The molecule has 0 amide bonds. The van der Waals surface area contributed by atoms with Crippen LogP contribution in [0.3, 0.4) is 0 Å². The first-order valence-electron chi connectivity index (χ1n) is 5.70. The molecule has 0 radical (unpaired) electrons. The quantitative estimate of drug-likeness (QED) is 0.774. The molecule has 4 nitrogen and oxygen atoms in total. The molecule has 7 heteroatoms. The Morgan fingerprint density at radius 2 is 2.25 bits per heavy atom. The molecule has 1 aromatic carbocycles. The normalized spacial score (nSPS) is 10.7. The van der Waals surface area contributed by atoms with Gasteiger partial charge in [-0.25, -0.2) is 9.78 Å². The summed E-state index contributed by atoms with van der Waals surface area (Å²) in [5.41, 5.74) is 0.493. The van der Waals surface area contributed by atoms with Gasteiger partial charge in [0.15, 0.2) is 0 Å². The Morgan fingerprint density at radius 1 is 1.50 bits per heavy atom. The van der Waals surface area contributed by atoms with Gasteiger partial charge in [-0.15, -0.1) is 23.1 Å². The standard InChI is InChI=1S/C13H12BrNO3S2/c1-18-6-9-12(13(16)17)20-11(15-9)7-19-10-5-3-2-4-8(10)14/h2-5H,6-7H2,1H3,(H,16,17). The van der Waals surface area contributed by atoms with Crippen molar-refractivity contribution < 1.29 is 14.6 Å². The van der Waals surface area contributed by atoms with Crippen LogP contribution in [0, 0.1) is 0 Å². The zero-order valence-electron chi connectivity index (χ0n) is 10.6. The molecule has 20 heavy (non-hydrogen) atoms. The van der Waals surface area contributed by atoms with Crippen LogP contribution in [0.2, 0.25) is 0 Å². The number of thioether (sulfide) groups is 1. The lowest BCUT2D eigenvalue weighted by Crippen LogP contribution is -1.99. The summed E-state index contributed by atoms with van der Waals surface area (Å²) >= 11 is 6.31. The van der Waals surface area contributed by atoms with E-state index >= 15 is 0 Å². The monoisotopic (exact) mass is 373 g/mol. The van der Waals surface area contributed by atoms with E-state index in [1.54, 1.807) is 11.8 Å². The van der Waals surface area contributed by atoms with Crippen LogP contribution in [0.4, 0.5) is 0 Å². The Balaban J connectivity index is 2.12. The highest BCUT2D eigenvalue weighted by molar-refractivity contribution is 9.10. The maximum atomic E-state index is 11.1. The van der Waals surface area contributed by atoms with Crippen molar-refractivity contribution in [1.29, 1.82) is 0 Å². The number of rotatable bonds is 6. The summed E-state index contributed by atoms with van der Waals surface area (Å²) in [7, 11) is 1.53. The molecule has 0 aliphatic heterocycles. The van der Waals surface area contributed by atoms with Crippen LogP contribution in [0.25, 0.3) is 0 Å². The molecular formula is C13H12BrNO3S2. The summed E-state index contributed by atoms with van der Waals surface area (Å²) in [4.78, 5) is 16.8. The van der Waals surface area contributed by atoms with Crippen molar-refractivity contribution in [1.82, 2.24) is 4.98 Å². The molecule has 1 N–H and O–H groups in total. The van der Waals surface area contributed by atoms with Crippen molar-refractivity contribution in [3.63, 3.8) is 0 Å². The molecule has 0 aliphatic carbocycles. The first kappa shape index (κ1) is 15.5. The molecule has 0 aliphatic rings. The predicted molar refractivity (Wildman–Crippen MR) is 83.5 cm³/mol. The van der Waals surface area contributed by atoms with Crippen LogP contribution in [-0.2, 0) is 17.1 Å². The lowest BCUT2D eigenvalue weighted by Gasteiger charge is -2.01. The van der Waals surface area contributed by atoms with E-state index in [9.17, 15) is 4.79 Å². The van der Waals surface area contributed by atoms with E-state index in [1.807, 2.05) is 24.3 Å². The van der Waals surface area contributed by atoms with Gasteiger partial charge in [0.1, 0.15) is 9.88 Å². The van der Waals surface area contributed by atoms with Gasteiger partial charge in [-0.2, -0.15) is 0 Å². The number of halogens is 1. The van der Waals surface area contributed by atoms with Crippen LogP contribution in [0.5, 0.6) is 0 Å². The second-order valence-corrected chi connectivity index (χ2v) is 6.80. The number of aromatic nitrogens is 1. The van der Waals surface area contributed by atoms with Gasteiger partial charge in [0, 0.05) is 16.5 Å². The van der Waals surface area contributed by atoms with Crippen molar-refractivity contribution in [2.75, 3.05) is 7.11 Å². The second kappa shape index (κ2) is 7.21. The molecule has 0 saturated carbocycles. The molecule has 0 spiro atoms. The van der Waals surface area contributed by atoms with Crippen LogP contribution < -0.4 is 0 Å². The molecule has 0 atom stereocenters. The minimum atomic E-state index is -0.952. The summed E-state index contributed by atoms with van der Waals surface area (Å²) in [6.07, 6.45) is 0. The SMILES string of the molecule is COCc1nc(CSc2ccccc2Br)sc1C(=O)O. The van der Waals surface area contributed by atoms with Gasteiger partial charge in [-0.05, 0) is 28.1 Å². The highest BCUT2D eigenvalue weighted by Crippen LogP contribution is 2.31. The molecule has 2 rings (SSSR count). The van der Waals surface area contributed by atoms with Crippen molar-refractivity contribution in [3.8, 4) is 0 Å². The number of hydrogen-bond donors (Lipinski definition) is 1. The first-order valence-corrected chi connectivity index (χ1v) is 8.29. The largest absolute Gasteiger partial charge is 0.477 e. The predicted octanol–water partition coefficient (Wildman–Crippen LogP) is 4.04. The number of nitrogens with zero attached hydrogens (tertiary/aromatic N) is 1. The van der Waals surface area contributed by atoms with Gasteiger partial charge >= 0.3 is 5.97 Å². The van der Waals surface area contributed by atoms with Gasteiger partial charge in [0.05, 0.1) is 18.1 Å². The van der Waals surface area contributed by atoms with Crippen LogP contribution in [0.1, 0.15) is 20.4 Å². The Morgan fingerprint density at radius 3 is 2.90 bits per heavy atom. The minimum absolute atomic E-state index is 0.220. The van der Waals surface area contributed by atoms with E-state index in [4.69, 9.17) is 9.84 Å². The number of hydrogen-bond acceptors (Lipinski definition) is 5. The molecule has 0 bridgehead atoms.